The van der Waals surface area contributed by atoms with Gasteiger partial charge in [0.25, 0.3) is 0 Å². The molecule has 0 N–H and O–H groups in total. The van der Waals surface area contributed by atoms with Gasteiger partial charge in [-0.1, -0.05) is 152 Å². The second-order valence-corrected chi connectivity index (χ2v) is 16.9. The van der Waals surface area contributed by atoms with Gasteiger partial charge in [-0.3, -0.25) is 0 Å². The van der Waals surface area contributed by atoms with Crippen LogP contribution in [0.3, 0.4) is 0 Å². The van der Waals surface area contributed by atoms with E-state index in [2.05, 4.69) is 228 Å². The lowest BCUT2D eigenvalue weighted by molar-refractivity contribution is 1.19. The Labute approximate surface area is 357 Å². The predicted molar refractivity (Wildman–Crippen MR) is 263 cm³/mol. The van der Waals surface area contributed by atoms with Crippen molar-refractivity contribution in [3.63, 3.8) is 0 Å². The average molecular weight is 785 g/mol. The standard InChI is InChI=1S/C60H36N2/c1-2-13-45(14-3-1)62-58-31-26-43(36-55(58)52-29-23-38-10-4-5-15-47(38)60(52)62)42-25-30-57-54(35-42)49-16-6-7-19-56(49)61(57)46-27-22-37-20-21-40(32-44(37)33-46)41-24-28-48-50-17-8-11-39-12-9-18-51(59(39)50)53(48)34-41/h1-36H. The fourth-order valence-electron chi connectivity index (χ4n) is 10.8. The Morgan fingerprint density at radius 1 is 0.242 bits per heavy atom. The van der Waals surface area contributed by atoms with E-state index in [0.717, 1.165) is 5.69 Å². The lowest BCUT2D eigenvalue weighted by Crippen LogP contribution is -1.94. The van der Waals surface area contributed by atoms with Gasteiger partial charge in [-0.15, -0.1) is 0 Å². The average Bonchev–Trinajstić information content (AvgIpc) is 3.97. The minimum absolute atomic E-state index is 1.16. The van der Waals surface area contributed by atoms with E-state index in [1.54, 1.807) is 0 Å². The molecule has 0 fully saturated rings. The fourth-order valence-corrected chi connectivity index (χ4v) is 10.8. The molecule has 62 heavy (non-hydrogen) atoms. The Bertz CT molecular complexity index is 4030. The van der Waals surface area contributed by atoms with Gasteiger partial charge < -0.3 is 9.13 Å². The van der Waals surface area contributed by atoms with Crippen molar-refractivity contribution in [1.29, 1.82) is 0 Å². The predicted octanol–water partition coefficient (Wildman–Crippen LogP) is 16.3. The summed E-state index contributed by atoms with van der Waals surface area (Å²) in [7, 11) is 0. The van der Waals surface area contributed by atoms with Crippen molar-refractivity contribution in [3.8, 4) is 55.9 Å². The second kappa shape index (κ2) is 12.7. The third kappa shape index (κ3) is 4.75. The van der Waals surface area contributed by atoms with Gasteiger partial charge >= 0.3 is 0 Å². The Kier molecular flexibility index (Phi) is 6.86. The van der Waals surface area contributed by atoms with Gasteiger partial charge in [-0.05, 0) is 138 Å². The molecule has 0 bridgehead atoms. The van der Waals surface area contributed by atoms with Crippen LogP contribution in [0.15, 0.2) is 218 Å². The molecule has 14 rings (SSSR count). The molecular formula is C60H36N2. The van der Waals surface area contributed by atoms with Crippen LogP contribution in [0.5, 0.6) is 0 Å². The third-order valence-electron chi connectivity index (χ3n) is 13.6. The SMILES string of the molecule is c1ccc(-n2c3ccc(-c4ccc5c(c4)c4ccccc4n5-c4ccc5ccc(-c6ccc7c(c6)-c6cccc8cccc-7c68)cc5c4)cc3c3ccc4ccccc4c32)cc1. The first kappa shape index (κ1) is 33.6. The van der Waals surface area contributed by atoms with E-state index in [4.69, 9.17) is 0 Å². The van der Waals surface area contributed by atoms with Crippen molar-refractivity contribution in [2.75, 3.05) is 0 Å². The van der Waals surface area contributed by atoms with Crippen molar-refractivity contribution in [1.82, 2.24) is 9.13 Å². The molecule has 2 heterocycles. The molecule has 1 aliphatic carbocycles. The smallest absolute Gasteiger partial charge is 0.0619 e. The molecule has 0 aliphatic heterocycles. The molecule has 286 valence electrons. The van der Waals surface area contributed by atoms with Crippen LogP contribution in [0.1, 0.15) is 0 Å². The molecule has 0 unspecified atom stereocenters. The van der Waals surface area contributed by atoms with Crippen LogP contribution in [0.2, 0.25) is 0 Å². The molecule has 0 spiro atoms. The van der Waals surface area contributed by atoms with Gasteiger partial charge in [0, 0.05) is 38.3 Å². The summed E-state index contributed by atoms with van der Waals surface area (Å²) in [4.78, 5) is 0. The van der Waals surface area contributed by atoms with E-state index in [0.29, 0.717) is 0 Å². The fraction of sp³-hybridized carbons (Fsp3) is 0. The summed E-state index contributed by atoms with van der Waals surface area (Å²) >= 11 is 0. The highest BCUT2D eigenvalue weighted by molar-refractivity contribution is 6.20. The maximum Gasteiger partial charge on any atom is 0.0619 e. The van der Waals surface area contributed by atoms with E-state index < -0.39 is 0 Å². The van der Waals surface area contributed by atoms with Crippen molar-refractivity contribution < 1.29 is 0 Å². The van der Waals surface area contributed by atoms with Crippen molar-refractivity contribution in [2.24, 2.45) is 0 Å². The van der Waals surface area contributed by atoms with Crippen LogP contribution in [0.25, 0.3) is 132 Å². The molecule has 0 radical (unpaired) electrons. The summed E-state index contributed by atoms with van der Waals surface area (Å²) in [6.07, 6.45) is 0. The molecule has 0 saturated heterocycles. The number of aromatic nitrogens is 2. The zero-order chi connectivity index (χ0) is 40.5. The quantitative estimate of drug-likeness (QED) is 0.168. The van der Waals surface area contributed by atoms with Crippen LogP contribution >= 0.6 is 0 Å². The van der Waals surface area contributed by atoms with Crippen molar-refractivity contribution in [2.45, 2.75) is 0 Å². The molecule has 13 aromatic rings. The molecule has 11 aromatic carbocycles. The monoisotopic (exact) mass is 784 g/mol. The van der Waals surface area contributed by atoms with E-state index in [-0.39, 0.29) is 0 Å². The minimum atomic E-state index is 1.16. The molecule has 0 atom stereocenters. The lowest BCUT2D eigenvalue weighted by atomic mass is 9.96. The van der Waals surface area contributed by atoms with Crippen molar-refractivity contribution in [3.05, 3.63) is 218 Å². The molecule has 1 aliphatic rings. The number of benzene rings is 11. The van der Waals surface area contributed by atoms with Gasteiger partial charge in [-0.25, -0.2) is 0 Å². The zero-order valence-corrected chi connectivity index (χ0v) is 33.7. The van der Waals surface area contributed by atoms with Crippen LogP contribution in [-0.4, -0.2) is 9.13 Å². The Balaban J connectivity index is 0.893. The molecule has 2 nitrogen and oxygen atoms in total. The Morgan fingerprint density at radius 2 is 0.839 bits per heavy atom. The summed E-state index contributed by atoms with van der Waals surface area (Å²) in [5.41, 5.74) is 17.4. The summed E-state index contributed by atoms with van der Waals surface area (Å²) in [5.74, 6) is 0. The number of para-hydroxylation sites is 2. The van der Waals surface area contributed by atoms with Crippen molar-refractivity contribution >= 4 is 75.9 Å². The third-order valence-corrected chi connectivity index (χ3v) is 13.6. The van der Waals surface area contributed by atoms with E-state index >= 15 is 0 Å². The van der Waals surface area contributed by atoms with Gasteiger partial charge in [0.2, 0.25) is 0 Å². The molecule has 0 saturated carbocycles. The number of nitrogens with zero attached hydrogens (tertiary/aromatic N) is 2. The first-order valence-electron chi connectivity index (χ1n) is 21.5. The largest absolute Gasteiger partial charge is 0.309 e. The summed E-state index contributed by atoms with van der Waals surface area (Å²) < 4.78 is 4.88. The second-order valence-electron chi connectivity index (χ2n) is 16.9. The molecular weight excluding hydrogens is 749 g/mol. The highest BCUT2D eigenvalue weighted by Crippen LogP contribution is 2.48. The van der Waals surface area contributed by atoms with E-state index in [1.807, 2.05) is 0 Å². The number of rotatable bonds is 4. The molecule has 2 aromatic heterocycles. The van der Waals surface area contributed by atoms with Gasteiger partial charge in [0.1, 0.15) is 0 Å². The Hall–Kier alpha value is -8.20. The first-order chi connectivity index (χ1) is 30.7. The number of hydrogen-bond acceptors (Lipinski definition) is 0. The van der Waals surface area contributed by atoms with E-state index in [9.17, 15) is 0 Å². The maximum atomic E-state index is 2.44. The number of hydrogen-bond donors (Lipinski definition) is 0. The van der Waals surface area contributed by atoms with Crippen LogP contribution in [0, 0.1) is 0 Å². The molecule has 2 heteroatoms. The first-order valence-corrected chi connectivity index (χ1v) is 21.5. The highest BCUT2D eigenvalue weighted by atomic mass is 15.0. The normalized spacial score (nSPS) is 12.2. The number of fused-ring (bicyclic) bond motifs is 12. The summed E-state index contributed by atoms with van der Waals surface area (Å²) in [5, 5.41) is 12.7. The van der Waals surface area contributed by atoms with Crippen LogP contribution in [-0.2, 0) is 0 Å². The van der Waals surface area contributed by atoms with Crippen LogP contribution in [0.4, 0.5) is 0 Å². The summed E-state index contributed by atoms with van der Waals surface area (Å²) in [6.45, 7) is 0. The Morgan fingerprint density at radius 3 is 1.68 bits per heavy atom. The highest BCUT2D eigenvalue weighted by Gasteiger charge is 2.22. The maximum absolute atomic E-state index is 2.44. The van der Waals surface area contributed by atoms with Gasteiger partial charge in [-0.2, -0.15) is 0 Å². The summed E-state index contributed by atoms with van der Waals surface area (Å²) in [6, 6.07) is 81.1. The van der Waals surface area contributed by atoms with Gasteiger partial charge in [0.05, 0.1) is 22.1 Å². The molecule has 0 amide bonds. The zero-order valence-electron chi connectivity index (χ0n) is 33.7. The topological polar surface area (TPSA) is 9.86 Å². The van der Waals surface area contributed by atoms with Crippen LogP contribution < -0.4 is 0 Å². The van der Waals surface area contributed by atoms with Gasteiger partial charge in [0.15, 0.2) is 0 Å². The minimum Gasteiger partial charge on any atom is -0.309 e. The lowest BCUT2D eigenvalue weighted by Gasteiger charge is -2.12. The van der Waals surface area contributed by atoms with E-state index in [1.165, 1.54) is 126 Å².